The number of benzene rings is 2. The molecular formula is C21H21N3O2S. The molecule has 0 bridgehead atoms. The number of hydrogen-bond acceptors (Lipinski definition) is 5. The molecule has 0 aliphatic carbocycles. The summed E-state index contributed by atoms with van der Waals surface area (Å²) in [7, 11) is 0. The van der Waals surface area contributed by atoms with Crippen LogP contribution in [0.25, 0.3) is 11.4 Å². The van der Waals surface area contributed by atoms with Crippen molar-refractivity contribution in [3.8, 4) is 11.4 Å². The minimum Gasteiger partial charge on any atom is -0.339 e. The molecular weight excluding hydrogens is 358 g/mol. The average molecular weight is 379 g/mol. The van der Waals surface area contributed by atoms with Crippen molar-refractivity contribution in [2.45, 2.75) is 31.1 Å². The SMILES string of the molecule is CSc1cccc(N2CC(c3nc(-c4ccc(C)cc4C)no3)CC2=O)c1. The lowest BCUT2D eigenvalue weighted by atomic mass is 10.1. The maximum atomic E-state index is 12.6. The quantitative estimate of drug-likeness (QED) is 0.620. The molecule has 1 unspecified atom stereocenters. The second-order valence-corrected chi connectivity index (χ2v) is 7.76. The van der Waals surface area contributed by atoms with Gasteiger partial charge in [0.05, 0.1) is 5.92 Å². The van der Waals surface area contributed by atoms with Gasteiger partial charge in [0.15, 0.2) is 0 Å². The molecule has 0 saturated carbocycles. The summed E-state index contributed by atoms with van der Waals surface area (Å²) >= 11 is 1.66. The normalized spacial score (nSPS) is 16.9. The topological polar surface area (TPSA) is 59.2 Å². The van der Waals surface area contributed by atoms with Gasteiger partial charge in [-0.1, -0.05) is 35.0 Å². The van der Waals surface area contributed by atoms with E-state index >= 15 is 0 Å². The first-order valence-corrected chi connectivity index (χ1v) is 10.1. The molecule has 1 aliphatic heterocycles. The molecule has 4 rings (SSSR count). The predicted octanol–water partition coefficient (Wildman–Crippen LogP) is 4.60. The first kappa shape index (κ1) is 17.8. The van der Waals surface area contributed by atoms with Crippen LogP contribution in [-0.4, -0.2) is 28.8 Å². The van der Waals surface area contributed by atoms with Crippen LogP contribution in [0.5, 0.6) is 0 Å². The van der Waals surface area contributed by atoms with E-state index in [0.717, 1.165) is 21.7 Å². The Kier molecular flexibility index (Phi) is 4.74. The van der Waals surface area contributed by atoms with Gasteiger partial charge in [-0.25, -0.2) is 0 Å². The van der Waals surface area contributed by atoms with Gasteiger partial charge in [-0.3, -0.25) is 4.79 Å². The monoisotopic (exact) mass is 379 g/mol. The number of nitrogens with zero attached hydrogens (tertiary/aromatic N) is 3. The minimum atomic E-state index is -0.0811. The number of thioether (sulfide) groups is 1. The van der Waals surface area contributed by atoms with Crippen LogP contribution in [0, 0.1) is 13.8 Å². The van der Waals surface area contributed by atoms with Crippen molar-refractivity contribution in [2.24, 2.45) is 0 Å². The standard InChI is InChI=1S/C21H21N3O2S/c1-13-7-8-18(14(2)9-13)20-22-21(26-23-20)15-10-19(25)24(12-15)16-5-4-6-17(11-16)27-3/h4-9,11,15H,10,12H2,1-3H3. The Labute approximate surface area is 162 Å². The summed E-state index contributed by atoms with van der Waals surface area (Å²) in [6.45, 7) is 4.66. The highest BCUT2D eigenvalue weighted by Crippen LogP contribution is 2.33. The molecule has 1 aliphatic rings. The third kappa shape index (κ3) is 3.49. The molecule has 1 fully saturated rings. The second kappa shape index (κ2) is 7.19. The van der Waals surface area contributed by atoms with Gasteiger partial charge >= 0.3 is 0 Å². The van der Waals surface area contributed by atoms with Gasteiger partial charge in [-0.15, -0.1) is 11.8 Å². The largest absolute Gasteiger partial charge is 0.339 e. The van der Waals surface area contributed by atoms with Crippen molar-refractivity contribution >= 4 is 23.4 Å². The van der Waals surface area contributed by atoms with Crippen LogP contribution >= 0.6 is 11.8 Å². The number of carbonyl (C=O) groups is 1. The van der Waals surface area contributed by atoms with E-state index in [0.29, 0.717) is 24.7 Å². The van der Waals surface area contributed by atoms with Crippen molar-refractivity contribution in [3.63, 3.8) is 0 Å². The minimum absolute atomic E-state index is 0.0811. The van der Waals surface area contributed by atoms with Gasteiger partial charge in [-0.2, -0.15) is 4.98 Å². The third-order valence-electron chi connectivity index (χ3n) is 4.90. The maximum absolute atomic E-state index is 12.6. The van der Waals surface area contributed by atoms with E-state index in [1.54, 1.807) is 11.8 Å². The lowest BCUT2D eigenvalue weighted by Gasteiger charge is -2.16. The lowest BCUT2D eigenvalue weighted by molar-refractivity contribution is -0.117. The van der Waals surface area contributed by atoms with E-state index in [-0.39, 0.29) is 11.8 Å². The number of anilines is 1. The van der Waals surface area contributed by atoms with Crippen LogP contribution in [0.1, 0.15) is 29.4 Å². The molecule has 6 heteroatoms. The van der Waals surface area contributed by atoms with Crippen LogP contribution < -0.4 is 4.90 Å². The fourth-order valence-corrected chi connectivity index (χ4v) is 3.93. The molecule has 1 atom stereocenters. The molecule has 2 aromatic carbocycles. The van der Waals surface area contributed by atoms with Gasteiger partial charge in [0.25, 0.3) is 0 Å². The van der Waals surface area contributed by atoms with Gasteiger partial charge < -0.3 is 9.42 Å². The molecule has 5 nitrogen and oxygen atoms in total. The van der Waals surface area contributed by atoms with Gasteiger partial charge in [-0.05, 0) is 43.9 Å². The molecule has 3 aromatic rings. The highest BCUT2D eigenvalue weighted by Gasteiger charge is 2.35. The Bertz CT molecular complexity index is 999. The van der Waals surface area contributed by atoms with E-state index in [4.69, 9.17) is 4.52 Å². The zero-order valence-corrected chi connectivity index (χ0v) is 16.4. The number of amides is 1. The van der Waals surface area contributed by atoms with Crippen molar-refractivity contribution in [1.29, 1.82) is 0 Å². The van der Waals surface area contributed by atoms with Crippen molar-refractivity contribution in [3.05, 3.63) is 59.5 Å². The van der Waals surface area contributed by atoms with Crippen LogP contribution in [0.3, 0.4) is 0 Å². The van der Waals surface area contributed by atoms with Crippen molar-refractivity contribution < 1.29 is 9.32 Å². The first-order valence-electron chi connectivity index (χ1n) is 8.91. The molecule has 1 aromatic heterocycles. The third-order valence-corrected chi connectivity index (χ3v) is 5.63. The molecule has 0 spiro atoms. The van der Waals surface area contributed by atoms with Crippen LogP contribution in [0.15, 0.2) is 51.9 Å². The number of carbonyl (C=O) groups excluding carboxylic acids is 1. The van der Waals surface area contributed by atoms with Gasteiger partial charge in [0.2, 0.25) is 17.6 Å². The van der Waals surface area contributed by atoms with E-state index in [1.807, 2.05) is 54.5 Å². The van der Waals surface area contributed by atoms with Crippen LogP contribution in [0.2, 0.25) is 0 Å². The Morgan fingerprint density at radius 3 is 2.81 bits per heavy atom. The Morgan fingerprint density at radius 2 is 2.04 bits per heavy atom. The molecule has 138 valence electrons. The number of hydrogen-bond donors (Lipinski definition) is 0. The molecule has 0 N–H and O–H groups in total. The smallest absolute Gasteiger partial charge is 0.232 e. The van der Waals surface area contributed by atoms with Crippen molar-refractivity contribution in [1.82, 2.24) is 10.1 Å². The summed E-state index contributed by atoms with van der Waals surface area (Å²) < 4.78 is 5.52. The molecule has 1 saturated heterocycles. The summed E-state index contributed by atoms with van der Waals surface area (Å²) in [6, 6.07) is 14.2. The average Bonchev–Trinajstić information content (AvgIpc) is 3.28. The van der Waals surface area contributed by atoms with E-state index in [9.17, 15) is 4.79 Å². The summed E-state index contributed by atoms with van der Waals surface area (Å²) in [4.78, 5) is 20.1. The predicted molar refractivity (Wildman–Crippen MR) is 107 cm³/mol. The molecule has 27 heavy (non-hydrogen) atoms. The second-order valence-electron chi connectivity index (χ2n) is 6.88. The van der Waals surface area contributed by atoms with Crippen LogP contribution in [0.4, 0.5) is 5.69 Å². The summed E-state index contributed by atoms with van der Waals surface area (Å²) in [6.07, 6.45) is 2.42. The Balaban J connectivity index is 1.57. The molecule has 1 amide bonds. The van der Waals surface area contributed by atoms with E-state index in [1.165, 1.54) is 5.56 Å². The number of aromatic nitrogens is 2. The summed E-state index contributed by atoms with van der Waals surface area (Å²) in [5, 5.41) is 4.15. The Hall–Kier alpha value is -2.60. The zero-order chi connectivity index (χ0) is 19.0. The van der Waals surface area contributed by atoms with E-state index in [2.05, 4.69) is 23.1 Å². The Morgan fingerprint density at radius 1 is 1.19 bits per heavy atom. The lowest BCUT2D eigenvalue weighted by Crippen LogP contribution is -2.24. The van der Waals surface area contributed by atoms with Gasteiger partial charge in [0.1, 0.15) is 0 Å². The highest BCUT2D eigenvalue weighted by molar-refractivity contribution is 7.98. The summed E-state index contributed by atoms with van der Waals surface area (Å²) in [5.41, 5.74) is 4.19. The fraction of sp³-hybridized carbons (Fsp3) is 0.286. The van der Waals surface area contributed by atoms with Crippen molar-refractivity contribution in [2.75, 3.05) is 17.7 Å². The van der Waals surface area contributed by atoms with E-state index < -0.39 is 0 Å². The first-order chi connectivity index (χ1) is 13.0. The highest BCUT2D eigenvalue weighted by atomic mass is 32.2. The van der Waals surface area contributed by atoms with Gasteiger partial charge in [0, 0.05) is 29.1 Å². The number of rotatable bonds is 4. The molecule has 0 radical (unpaired) electrons. The zero-order valence-electron chi connectivity index (χ0n) is 15.6. The summed E-state index contributed by atoms with van der Waals surface area (Å²) in [5.74, 6) is 1.12. The fourth-order valence-electron chi connectivity index (χ4n) is 3.48. The van der Waals surface area contributed by atoms with Crippen LogP contribution in [-0.2, 0) is 4.79 Å². The number of aryl methyl sites for hydroxylation is 2. The maximum Gasteiger partial charge on any atom is 0.232 e. The molecule has 2 heterocycles.